The van der Waals surface area contributed by atoms with E-state index in [1.165, 1.54) is 18.2 Å². The van der Waals surface area contributed by atoms with Gasteiger partial charge in [0, 0.05) is 5.69 Å². The summed E-state index contributed by atoms with van der Waals surface area (Å²) in [5.74, 6) is -0.409. The number of amides is 1. The number of nitrogens with one attached hydrogen (secondary N) is 1. The molecular formula is C14H18FN3O2. The SMILES string of the molecule is Cc1cc(F)ccc1NC(=O)C1(/C(N)=N/O)CC(C)C1. The van der Waals surface area contributed by atoms with E-state index in [1.807, 2.05) is 6.92 Å². The lowest BCUT2D eigenvalue weighted by molar-refractivity contribution is -0.127. The van der Waals surface area contributed by atoms with Crippen molar-refractivity contribution in [3.8, 4) is 0 Å². The van der Waals surface area contributed by atoms with Gasteiger partial charge in [-0.2, -0.15) is 0 Å². The Morgan fingerprint density at radius 3 is 2.70 bits per heavy atom. The average Bonchev–Trinajstić information content (AvgIpc) is 2.37. The highest BCUT2D eigenvalue weighted by Gasteiger charge is 2.52. The van der Waals surface area contributed by atoms with Crippen LogP contribution in [0.2, 0.25) is 0 Å². The maximum absolute atomic E-state index is 13.0. The molecule has 2 rings (SSSR count). The lowest BCUT2D eigenvalue weighted by Crippen LogP contribution is -2.54. The zero-order chi connectivity index (χ0) is 14.9. The fraction of sp³-hybridized carbons (Fsp3) is 0.429. The van der Waals surface area contributed by atoms with Crippen molar-refractivity contribution >= 4 is 17.4 Å². The van der Waals surface area contributed by atoms with Crippen molar-refractivity contribution in [2.75, 3.05) is 5.32 Å². The van der Waals surface area contributed by atoms with Crippen LogP contribution in [-0.4, -0.2) is 17.0 Å². The van der Waals surface area contributed by atoms with Crippen LogP contribution in [0.15, 0.2) is 23.4 Å². The largest absolute Gasteiger partial charge is 0.409 e. The molecule has 0 atom stereocenters. The molecule has 1 fully saturated rings. The van der Waals surface area contributed by atoms with Gasteiger partial charge in [-0.1, -0.05) is 12.1 Å². The third kappa shape index (κ3) is 2.33. The van der Waals surface area contributed by atoms with Crippen molar-refractivity contribution in [3.63, 3.8) is 0 Å². The summed E-state index contributed by atoms with van der Waals surface area (Å²) in [5, 5.41) is 14.6. The zero-order valence-corrected chi connectivity index (χ0v) is 11.5. The van der Waals surface area contributed by atoms with Crippen molar-refractivity contribution in [3.05, 3.63) is 29.6 Å². The van der Waals surface area contributed by atoms with Crippen LogP contribution in [0.25, 0.3) is 0 Å². The summed E-state index contributed by atoms with van der Waals surface area (Å²) in [6.07, 6.45) is 1.07. The van der Waals surface area contributed by atoms with E-state index >= 15 is 0 Å². The summed E-state index contributed by atoms with van der Waals surface area (Å²) >= 11 is 0. The Bertz CT molecular complexity index is 566. The predicted molar refractivity (Wildman–Crippen MR) is 74.0 cm³/mol. The average molecular weight is 279 g/mol. The van der Waals surface area contributed by atoms with Crippen molar-refractivity contribution in [2.24, 2.45) is 22.2 Å². The molecule has 0 radical (unpaired) electrons. The number of hydrogen-bond donors (Lipinski definition) is 3. The molecule has 0 aromatic heterocycles. The molecule has 0 spiro atoms. The second kappa shape index (κ2) is 5.11. The van der Waals surface area contributed by atoms with Gasteiger partial charge in [-0.15, -0.1) is 0 Å². The minimum Gasteiger partial charge on any atom is -0.409 e. The molecule has 1 aliphatic rings. The molecule has 4 N–H and O–H groups in total. The molecule has 0 unspecified atom stereocenters. The second-order valence-corrected chi connectivity index (χ2v) is 5.49. The van der Waals surface area contributed by atoms with Gasteiger partial charge < -0.3 is 16.3 Å². The fourth-order valence-electron chi connectivity index (χ4n) is 2.75. The Morgan fingerprint density at radius 1 is 1.55 bits per heavy atom. The quantitative estimate of drug-likeness (QED) is 0.343. The minimum atomic E-state index is -0.963. The van der Waals surface area contributed by atoms with Crippen LogP contribution < -0.4 is 11.1 Å². The first-order valence-corrected chi connectivity index (χ1v) is 6.44. The molecule has 5 nitrogen and oxygen atoms in total. The number of benzene rings is 1. The molecule has 1 amide bonds. The van der Waals surface area contributed by atoms with Crippen LogP contribution in [0.5, 0.6) is 0 Å². The summed E-state index contributed by atoms with van der Waals surface area (Å²) < 4.78 is 13.0. The smallest absolute Gasteiger partial charge is 0.238 e. The molecule has 0 heterocycles. The van der Waals surface area contributed by atoms with Crippen LogP contribution in [0.4, 0.5) is 10.1 Å². The number of nitrogens with zero attached hydrogens (tertiary/aromatic N) is 1. The number of hydrogen-bond acceptors (Lipinski definition) is 3. The van der Waals surface area contributed by atoms with Crippen molar-refractivity contribution in [1.29, 1.82) is 0 Å². The van der Waals surface area contributed by atoms with Crippen molar-refractivity contribution < 1.29 is 14.4 Å². The van der Waals surface area contributed by atoms with E-state index in [1.54, 1.807) is 6.92 Å². The van der Waals surface area contributed by atoms with Gasteiger partial charge in [0.15, 0.2) is 5.84 Å². The molecule has 1 aliphatic carbocycles. The van der Waals surface area contributed by atoms with Crippen molar-refractivity contribution in [1.82, 2.24) is 0 Å². The fourth-order valence-corrected chi connectivity index (χ4v) is 2.75. The maximum Gasteiger partial charge on any atom is 0.238 e. The highest BCUT2D eigenvalue weighted by Crippen LogP contribution is 2.46. The predicted octanol–water partition coefficient (Wildman–Crippen LogP) is 2.24. The van der Waals surface area contributed by atoms with Crippen LogP contribution in [0.1, 0.15) is 25.3 Å². The number of nitrogens with two attached hydrogens (primary N) is 1. The first kappa shape index (κ1) is 14.3. The van der Waals surface area contributed by atoms with Crippen LogP contribution in [0, 0.1) is 24.1 Å². The topological polar surface area (TPSA) is 87.7 Å². The Balaban J connectivity index is 2.22. The normalized spacial score (nSPS) is 25.9. The lowest BCUT2D eigenvalue weighted by Gasteiger charge is -2.43. The molecular weight excluding hydrogens is 261 g/mol. The summed E-state index contributed by atoms with van der Waals surface area (Å²) in [5.41, 5.74) is 5.86. The molecule has 108 valence electrons. The molecule has 1 saturated carbocycles. The van der Waals surface area contributed by atoms with E-state index in [9.17, 15) is 9.18 Å². The van der Waals surface area contributed by atoms with Gasteiger partial charge in [0.25, 0.3) is 0 Å². The first-order chi connectivity index (χ1) is 9.39. The number of carbonyl (C=O) groups excluding carboxylic acids is 1. The van der Waals surface area contributed by atoms with Crippen molar-refractivity contribution in [2.45, 2.75) is 26.7 Å². The Labute approximate surface area is 116 Å². The maximum atomic E-state index is 13.0. The van der Waals surface area contributed by atoms with E-state index in [2.05, 4.69) is 10.5 Å². The van der Waals surface area contributed by atoms with E-state index in [0.717, 1.165) is 0 Å². The Morgan fingerprint density at radius 2 is 2.20 bits per heavy atom. The number of carbonyl (C=O) groups is 1. The number of rotatable bonds is 3. The molecule has 1 aromatic rings. The minimum absolute atomic E-state index is 0.0761. The number of halogens is 1. The number of aryl methyl sites for hydroxylation is 1. The third-order valence-electron chi connectivity index (χ3n) is 3.86. The summed E-state index contributed by atoms with van der Waals surface area (Å²) in [7, 11) is 0. The van der Waals surface area contributed by atoms with E-state index < -0.39 is 5.41 Å². The molecule has 0 saturated heterocycles. The molecule has 6 heteroatoms. The highest BCUT2D eigenvalue weighted by molar-refractivity contribution is 6.12. The zero-order valence-electron chi connectivity index (χ0n) is 11.5. The van der Waals surface area contributed by atoms with Crippen LogP contribution in [0.3, 0.4) is 0 Å². The molecule has 20 heavy (non-hydrogen) atoms. The van der Waals surface area contributed by atoms with E-state index in [4.69, 9.17) is 10.9 Å². The third-order valence-corrected chi connectivity index (χ3v) is 3.86. The number of amidine groups is 1. The second-order valence-electron chi connectivity index (χ2n) is 5.49. The van der Waals surface area contributed by atoms with Gasteiger partial charge in [-0.05, 0) is 49.4 Å². The van der Waals surface area contributed by atoms with Gasteiger partial charge in [0.05, 0.1) is 0 Å². The first-order valence-electron chi connectivity index (χ1n) is 6.44. The number of oxime groups is 1. The van der Waals surface area contributed by atoms with E-state index in [-0.39, 0.29) is 17.6 Å². The number of anilines is 1. The van der Waals surface area contributed by atoms with Gasteiger partial charge >= 0.3 is 0 Å². The highest BCUT2D eigenvalue weighted by atomic mass is 19.1. The van der Waals surface area contributed by atoms with Crippen LogP contribution in [-0.2, 0) is 4.79 Å². The van der Waals surface area contributed by atoms with E-state index in [0.29, 0.717) is 30.0 Å². The monoisotopic (exact) mass is 279 g/mol. The summed E-state index contributed by atoms with van der Waals surface area (Å²) in [6.45, 7) is 3.71. The van der Waals surface area contributed by atoms with Gasteiger partial charge in [0.1, 0.15) is 11.2 Å². The van der Waals surface area contributed by atoms with Gasteiger partial charge in [0.2, 0.25) is 5.91 Å². The van der Waals surface area contributed by atoms with Gasteiger partial charge in [-0.3, -0.25) is 4.79 Å². The summed E-state index contributed by atoms with van der Waals surface area (Å²) in [4.78, 5) is 12.4. The molecule has 0 bridgehead atoms. The lowest BCUT2D eigenvalue weighted by atomic mass is 9.61. The Hall–Kier alpha value is -2.11. The molecule has 0 aliphatic heterocycles. The van der Waals surface area contributed by atoms with Gasteiger partial charge in [-0.25, -0.2) is 4.39 Å². The summed E-state index contributed by atoms with van der Waals surface area (Å²) in [6, 6.07) is 4.13. The van der Waals surface area contributed by atoms with Crippen LogP contribution >= 0.6 is 0 Å². The Kier molecular flexibility index (Phi) is 3.65. The molecule has 1 aromatic carbocycles. The standard InChI is InChI=1S/C14H18FN3O2/c1-8-6-14(7-8,12(16)18-20)13(19)17-11-4-3-10(15)5-9(11)2/h3-5,8,20H,6-7H2,1-2H3,(H2,16,18)(H,17,19).